The molecule has 27 heavy (non-hydrogen) atoms. The highest BCUT2D eigenvalue weighted by Crippen LogP contribution is 2.15. The van der Waals surface area contributed by atoms with Gasteiger partial charge in [0.25, 0.3) is 0 Å². The third-order valence-corrected chi connectivity index (χ3v) is 4.90. The maximum absolute atomic E-state index is 5.80. The molecule has 1 aliphatic heterocycles. The Balaban J connectivity index is 0.00000364. The number of benzene rings is 1. The second-order valence-corrected chi connectivity index (χ2v) is 7.18. The number of rotatable bonds is 9. The topological polar surface area (TPSA) is 54.9 Å². The van der Waals surface area contributed by atoms with Gasteiger partial charge < -0.3 is 20.1 Å². The van der Waals surface area contributed by atoms with Crippen LogP contribution in [0.1, 0.15) is 43.2 Å². The Morgan fingerprint density at radius 3 is 2.59 bits per heavy atom. The molecule has 0 amide bonds. The highest BCUT2D eigenvalue weighted by Gasteiger charge is 2.13. The Kier molecular flexibility index (Phi) is 12.7. The Hall–Kier alpha value is -0.860. The molecule has 1 atom stereocenters. The molecular weight excluding hydrogens is 453 g/mol. The van der Waals surface area contributed by atoms with E-state index in [0.29, 0.717) is 11.8 Å². The number of halogens is 1. The average molecular weight is 489 g/mol. The van der Waals surface area contributed by atoms with Gasteiger partial charge in [0.1, 0.15) is 0 Å². The van der Waals surface area contributed by atoms with Crippen LogP contribution in [0.15, 0.2) is 29.3 Å². The van der Waals surface area contributed by atoms with Crippen molar-refractivity contribution >= 4 is 29.9 Å². The maximum Gasteiger partial charge on any atom is 0.190 e. The van der Waals surface area contributed by atoms with Crippen LogP contribution in [-0.4, -0.2) is 52.5 Å². The SMILES string of the molecule is CN=C(NCCCOCC1CCOCC1)NCC(C)c1ccc(C)cc1.I. The molecule has 5 nitrogen and oxygen atoms in total. The molecule has 0 saturated carbocycles. The van der Waals surface area contributed by atoms with Crippen LogP contribution in [0, 0.1) is 12.8 Å². The Morgan fingerprint density at radius 1 is 1.22 bits per heavy atom. The zero-order valence-electron chi connectivity index (χ0n) is 17.0. The van der Waals surface area contributed by atoms with Crippen molar-refractivity contribution in [3.63, 3.8) is 0 Å². The number of hydrogen-bond donors (Lipinski definition) is 2. The summed E-state index contributed by atoms with van der Waals surface area (Å²) in [6.07, 6.45) is 3.25. The molecule has 2 rings (SSSR count). The molecule has 1 heterocycles. The van der Waals surface area contributed by atoms with Crippen molar-refractivity contribution in [3.8, 4) is 0 Å². The number of hydrogen-bond acceptors (Lipinski definition) is 3. The van der Waals surface area contributed by atoms with Crippen LogP contribution in [0.25, 0.3) is 0 Å². The minimum absolute atomic E-state index is 0. The summed E-state index contributed by atoms with van der Waals surface area (Å²) in [6, 6.07) is 8.74. The number of aliphatic imine (C=N–C) groups is 1. The molecule has 0 bridgehead atoms. The van der Waals surface area contributed by atoms with Gasteiger partial charge >= 0.3 is 0 Å². The second-order valence-electron chi connectivity index (χ2n) is 7.18. The summed E-state index contributed by atoms with van der Waals surface area (Å²) in [7, 11) is 1.81. The predicted octanol–water partition coefficient (Wildman–Crippen LogP) is 3.71. The minimum atomic E-state index is 0. The van der Waals surface area contributed by atoms with Crippen molar-refractivity contribution in [2.75, 3.05) is 46.6 Å². The molecule has 154 valence electrons. The molecule has 2 N–H and O–H groups in total. The van der Waals surface area contributed by atoms with E-state index < -0.39 is 0 Å². The summed E-state index contributed by atoms with van der Waals surface area (Å²) in [5, 5.41) is 6.77. The van der Waals surface area contributed by atoms with E-state index in [4.69, 9.17) is 9.47 Å². The first kappa shape index (κ1) is 24.2. The van der Waals surface area contributed by atoms with Crippen LogP contribution in [0.5, 0.6) is 0 Å². The first-order valence-corrected chi connectivity index (χ1v) is 9.85. The van der Waals surface area contributed by atoms with E-state index in [2.05, 4.69) is 53.7 Å². The summed E-state index contributed by atoms with van der Waals surface area (Å²) < 4.78 is 11.2. The zero-order valence-corrected chi connectivity index (χ0v) is 19.3. The lowest BCUT2D eigenvalue weighted by Crippen LogP contribution is -2.39. The molecule has 0 spiro atoms. The molecule has 0 radical (unpaired) electrons. The molecule has 1 unspecified atom stereocenters. The van der Waals surface area contributed by atoms with Crippen LogP contribution in [0.4, 0.5) is 0 Å². The summed E-state index contributed by atoms with van der Waals surface area (Å²) in [5.74, 6) is 1.97. The first-order valence-electron chi connectivity index (χ1n) is 9.85. The minimum Gasteiger partial charge on any atom is -0.381 e. The van der Waals surface area contributed by atoms with Gasteiger partial charge in [0.2, 0.25) is 0 Å². The van der Waals surface area contributed by atoms with Crippen molar-refractivity contribution in [1.82, 2.24) is 10.6 Å². The second kappa shape index (κ2) is 14.2. The van der Waals surface area contributed by atoms with Crippen molar-refractivity contribution in [2.45, 2.75) is 39.0 Å². The van der Waals surface area contributed by atoms with Gasteiger partial charge in [-0.1, -0.05) is 36.8 Å². The van der Waals surface area contributed by atoms with E-state index in [9.17, 15) is 0 Å². The smallest absolute Gasteiger partial charge is 0.190 e. The third-order valence-electron chi connectivity index (χ3n) is 4.90. The fourth-order valence-electron chi connectivity index (χ4n) is 3.03. The lowest BCUT2D eigenvalue weighted by atomic mass is 10.0. The lowest BCUT2D eigenvalue weighted by molar-refractivity contribution is 0.0203. The molecule has 1 aromatic carbocycles. The summed E-state index contributed by atoms with van der Waals surface area (Å²) in [5.41, 5.74) is 2.64. The van der Waals surface area contributed by atoms with E-state index in [-0.39, 0.29) is 24.0 Å². The van der Waals surface area contributed by atoms with Crippen molar-refractivity contribution < 1.29 is 9.47 Å². The van der Waals surface area contributed by atoms with Gasteiger partial charge in [-0.05, 0) is 43.6 Å². The molecule has 1 saturated heterocycles. The number of ether oxygens (including phenoxy) is 2. The Labute approximate surface area is 181 Å². The molecule has 0 aliphatic carbocycles. The quantitative estimate of drug-likeness (QED) is 0.240. The number of guanidine groups is 1. The van der Waals surface area contributed by atoms with E-state index in [0.717, 1.165) is 64.7 Å². The molecular formula is C21H36IN3O2. The van der Waals surface area contributed by atoms with Crippen molar-refractivity contribution in [3.05, 3.63) is 35.4 Å². The van der Waals surface area contributed by atoms with Gasteiger partial charge in [0, 0.05) is 46.6 Å². The van der Waals surface area contributed by atoms with Gasteiger partial charge in [0.05, 0.1) is 0 Å². The van der Waals surface area contributed by atoms with Gasteiger partial charge in [-0.3, -0.25) is 4.99 Å². The van der Waals surface area contributed by atoms with Crippen molar-refractivity contribution in [2.24, 2.45) is 10.9 Å². The Bertz CT molecular complexity index is 531. The largest absolute Gasteiger partial charge is 0.381 e. The standard InChI is InChI=1S/C21H35N3O2.HI/c1-17-5-7-20(8-6-17)18(2)15-24-21(22-3)23-11-4-12-26-16-19-9-13-25-14-10-19;/h5-8,18-19H,4,9-16H2,1-3H3,(H2,22,23,24);1H. The van der Waals surface area contributed by atoms with E-state index in [1.165, 1.54) is 11.1 Å². The normalized spacial score (nSPS) is 16.5. The van der Waals surface area contributed by atoms with E-state index >= 15 is 0 Å². The predicted molar refractivity (Wildman–Crippen MR) is 123 cm³/mol. The number of nitrogens with one attached hydrogen (secondary N) is 2. The monoisotopic (exact) mass is 489 g/mol. The van der Waals surface area contributed by atoms with Crippen LogP contribution in [-0.2, 0) is 9.47 Å². The lowest BCUT2D eigenvalue weighted by Gasteiger charge is -2.21. The molecule has 1 fully saturated rings. The summed E-state index contributed by atoms with van der Waals surface area (Å²) in [4.78, 5) is 4.30. The third kappa shape index (κ3) is 9.76. The molecule has 0 aromatic heterocycles. The summed E-state index contributed by atoms with van der Waals surface area (Å²) >= 11 is 0. The highest BCUT2D eigenvalue weighted by molar-refractivity contribution is 14.0. The van der Waals surface area contributed by atoms with Crippen molar-refractivity contribution in [1.29, 1.82) is 0 Å². The van der Waals surface area contributed by atoms with Crippen LogP contribution < -0.4 is 10.6 Å². The fraction of sp³-hybridized carbons (Fsp3) is 0.667. The number of nitrogens with zero attached hydrogens (tertiary/aromatic N) is 1. The summed E-state index contributed by atoms with van der Waals surface area (Å²) in [6.45, 7) is 9.51. The van der Waals surface area contributed by atoms with Gasteiger partial charge in [0.15, 0.2) is 5.96 Å². The maximum atomic E-state index is 5.80. The molecule has 6 heteroatoms. The van der Waals surface area contributed by atoms with Crippen LogP contribution >= 0.6 is 24.0 Å². The first-order chi connectivity index (χ1) is 12.7. The highest BCUT2D eigenvalue weighted by atomic mass is 127. The van der Waals surface area contributed by atoms with Crippen LogP contribution in [0.2, 0.25) is 0 Å². The van der Waals surface area contributed by atoms with Gasteiger partial charge in [-0.25, -0.2) is 0 Å². The average Bonchev–Trinajstić information content (AvgIpc) is 2.68. The fourth-order valence-corrected chi connectivity index (χ4v) is 3.03. The molecule has 1 aliphatic rings. The van der Waals surface area contributed by atoms with E-state index in [1.807, 2.05) is 7.05 Å². The number of aryl methyl sites for hydroxylation is 1. The van der Waals surface area contributed by atoms with E-state index in [1.54, 1.807) is 0 Å². The Morgan fingerprint density at radius 2 is 1.93 bits per heavy atom. The molecule has 1 aromatic rings. The van der Waals surface area contributed by atoms with Crippen LogP contribution in [0.3, 0.4) is 0 Å². The zero-order chi connectivity index (χ0) is 18.6. The van der Waals surface area contributed by atoms with Gasteiger partial charge in [-0.2, -0.15) is 0 Å². The van der Waals surface area contributed by atoms with Gasteiger partial charge in [-0.15, -0.1) is 24.0 Å².